The Morgan fingerprint density at radius 2 is 1.95 bits per heavy atom. The standard InChI is InChI=1S/C15H23NO4/c1-2-3-6-17-7-8-18-13-10-15-14(19-11-20-15)9-12(13)4-5-16/h9-10H,2-8,11,16H2,1H3. The molecule has 1 heterocycles. The van der Waals surface area contributed by atoms with Crippen LogP contribution in [0.4, 0.5) is 0 Å². The van der Waals surface area contributed by atoms with Crippen LogP contribution < -0.4 is 19.9 Å². The first kappa shape index (κ1) is 14.9. The number of hydrogen-bond acceptors (Lipinski definition) is 5. The fourth-order valence-electron chi connectivity index (χ4n) is 2.01. The van der Waals surface area contributed by atoms with Gasteiger partial charge in [0, 0.05) is 12.7 Å². The molecule has 0 radical (unpaired) electrons. The first-order valence-corrected chi connectivity index (χ1v) is 7.18. The van der Waals surface area contributed by atoms with Gasteiger partial charge in [0.1, 0.15) is 12.4 Å². The lowest BCUT2D eigenvalue weighted by molar-refractivity contribution is 0.0976. The van der Waals surface area contributed by atoms with Gasteiger partial charge in [-0.15, -0.1) is 0 Å². The molecule has 5 heteroatoms. The first-order chi connectivity index (χ1) is 9.85. The summed E-state index contributed by atoms with van der Waals surface area (Å²) in [6.07, 6.45) is 2.98. The van der Waals surface area contributed by atoms with E-state index in [0.29, 0.717) is 19.8 Å². The summed E-state index contributed by atoms with van der Waals surface area (Å²) in [5.74, 6) is 2.30. The van der Waals surface area contributed by atoms with E-state index in [1.54, 1.807) is 0 Å². The van der Waals surface area contributed by atoms with Gasteiger partial charge in [0.05, 0.1) is 6.61 Å². The van der Waals surface area contributed by atoms with Gasteiger partial charge < -0.3 is 24.7 Å². The average molecular weight is 281 g/mol. The van der Waals surface area contributed by atoms with Crippen molar-refractivity contribution < 1.29 is 18.9 Å². The summed E-state index contributed by atoms with van der Waals surface area (Å²) in [5.41, 5.74) is 6.68. The number of fused-ring (bicyclic) bond motifs is 1. The molecule has 1 aromatic rings. The maximum atomic E-state index is 5.78. The summed E-state index contributed by atoms with van der Waals surface area (Å²) in [4.78, 5) is 0. The summed E-state index contributed by atoms with van der Waals surface area (Å²) >= 11 is 0. The van der Waals surface area contributed by atoms with Gasteiger partial charge in [-0.05, 0) is 31.0 Å². The predicted molar refractivity (Wildman–Crippen MR) is 76.5 cm³/mol. The molecule has 0 unspecified atom stereocenters. The summed E-state index contributed by atoms with van der Waals surface area (Å²) in [5, 5.41) is 0. The molecular formula is C15H23NO4. The fourth-order valence-corrected chi connectivity index (χ4v) is 2.01. The van der Waals surface area contributed by atoms with E-state index in [-0.39, 0.29) is 6.79 Å². The fraction of sp³-hybridized carbons (Fsp3) is 0.600. The topological polar surface area (TPSA) is 62.9 Å². The molecule has 0 aromatic heterocycles. The molecule has 2 N–H and O–H groups in total. The first-order valence-electron chi connectivity index (χ1n) is 7.18. The molecule has 0 fully saturated rings. The van der Waals surface area contributed by atoms with Crippen molar-refractivity contribution in [3.63, 3.8) is 0 Å². The Morgan fingerprint density at radius 1 is 1.15 bits per heavy atom. The SMILES string of the molecule is CCCCOCCOc1cc2c(cc1CCN)OCO2. The van der Waals surface area contributed by atoms with Crippen LogP contribution in [0.15, 0.2) is 12.1 Å². The van der Waals surface area contributed by atoms with E-state index < -0.39 is 0 Å². The van der Waals surface area contributed by atoms with Gasteiger partial charge in [-0.1, -0.05) is 13.3 Å². The Bertz CT molecular complexity index is 423. The third-order valence-electron chi connectivity index (χ3n) is 3.10. The molecule has 0 bridgehead atoms. The molecule has 1 aromatic carbocycles. The van der Waals surface area contributed by atoms with E-state index in [1.165, 1.54) is 0 Å². The summed E-state index contributed by atoms with van der Waals surface area (Å²) in [7, 11) is 0. The van der Waals surface area contributed by atoms with Gasteiger partial charge in [0.15, 0.2) is 11.5 Å². The van der Waals surface area contributed by atoms with Gasteiger partial charge in [0.25, 0.3) is 0 Å². The Labute approximate surface area is 120 Å². The molecule has 0 spiro atoms. The van der Waals surface area contributed by atoms with Crippen molar-refractivity contribution in [3.8, 4) is 17.2 Å². The van der Waals surface area contributed by atoms with Crippen LogP contribution in [-0.4, -0.2) is 33.2 Å². The average Bonchev–Trinajstić information content (AvgIpc) is 2.90. The molecular weight excluding hydrogens is 258 g/mol. The van der Waals surface area contributed by atoms with Crippen molar-refractivity contribution >= 4 is 0 Å². The van der Waals surface area contributed by atoms with Crippen LogP contribution in [0.2, 0.25) is 0 Å². The zero-order valence-electron chi connectivity index (χ0n) is 12.0. The number of nitrogens with two attached hydrogens (primary N) is 1. The van der Waals surface area contributed by atoms with Crippen molar-refractivity contribution in [2.75, 3.05) is 33.2 Å². The number of rotatable bonds is 9. The molecule has 1 aliphatic heterocycles. The number of ether oxygens (including phenoxy) is 4. The monoisotopic (exact) mass is 281 g/mol. The minimum atomic E-state index is 0.265. The minimum Gasteiger partial charge on any atom is -0.491 e. The third kappa shape index (κ3) is 4.02. The van der Waals surface area contributed by atoms with Crippen molar-refractivity contribution in [2.45, 2.75) is 26.2 Å². The zero-order chi connectivity index (χ0) is 14.2. The summed E-state index contributed by atoms with van der Waals surface area (Å²) in [6, 6.07) is 3.82. The molecule has 5 nitrogen and oxygen atoms in total. The zero-order valence-corrected chi connectivity index (χ0v) is 12.0. The van der Waals surface area contributed by atoms with Crippen LogP contribution in [0.3, 0.4) is 0 Å². The quantitative estimate of drug-likeness (QED) is 0.702. The van der Waals surface area contributed by atoms with Crippen molar-refractivity contribution in [1.29, 1.82) is 0 Å². The van der Waals surface area contributed by atoms with Crippen molar-refractivity contribution in [2.24, 2.45) is 5.73 Å². The molecule has 0 aliphatic carbocycles. The van der Waals surface area contributed by atoms with Crippen LogP contribution in [0.25, 0.3) is 0 Å². The summed E-state index contributed by atoms with van der Waals surface area (Å²) in [6.45, 7) is 4.89. The number of benzene rings is 1. The lowest BCUT2D eigenvalue weighted by Gasteiger charge is -2.12. The van der Waals surface area contributed by atoms with E-state index in [1.807, 2.05) is 12.1 Å². The lowest BCUT2D eigenvalue weighted by atomic mass is 10.1. The van der Waals surface area contributed by atoms with E-state index in [0.717, 1.165) is 48.7 Å². The highest BCUT2D eigenvalue weighted by Crippen LogP contribution is 2.38. The van der Waals surface area contributed by atoms with E-state index in [4.69, 9.17) is 24.7 Å². The van der Waals surface area contributed by atoms with Gasteiger partial charge >= 0.3 is 0 Å². The van der Waals surface area contributed by atoms with Gasteiger partial charge in [-0.2, -0.15) is 0 Å². The summed E-state index contributed by atoms with van der Waals surface area (Å²) < 4.78 is 22.0. The molecule has 0 saturated heterocycles. The number of hydrogen-bond donors (Lipinski definition) is 1. The Balaban J connectivity index is 1.89. The van der Waals surface area contributed by atoms with E-state index in [9.17, 15) is 0 Å². The normalized spacial score (nSPS) is 12.7. The van der Waals surface area contributed by atoms with Gasteiger partial charge in [0.2, 0.25) is 6.79 Å². The lowest BCUT2D eigenvalue weighted by Crippen LogP contribution is -2.10. The highest BCUT2D eigenvalue weighted by Gasteiger charge is 2.17. The Morgan fingerprint density at radius 3 is 2.70 bits per heavy atom. The minimum absolute atomic E-state index is 0.265. The van der Waals surface area contributed by atoms with Gasteiger partial charge in [-0.3, -0.25) is 0 Å². The predicted octanol–water partition coefficient (Wildman–Crippen LogP) is 2.11. The second-order valence-electron chi connectivity index (χ2n) is 4.67. The Hall–Kier alpha value is -1.46. The van der Waals surface area contributed by atoms with Crippen LogP contribution >= 0.6 is 0 Å². The molecule has 0 amide bonds. The van der Waals surface area contributed by atoms with Crippen LogP contribution in [-0.2, 0) is 11.2 Å². The smallest absolute Gasteiger partial charge is 0.231 e. The van der Waals surface area contributed by atoms with Crippen LogP contribution in [0.1, 0.15) is 25.3 Å². The molecule has 112 valence electrons. The van der Waals surface area contributed by atoms with Crippen LogP contribution in [0.5, 0.6) is 17.2 Å². The highest BCUT2D eigenvalue weighted by molar-refractivity contribution is 5.52. The van der Waals surface area contributed by atoms with Crippen molar-refractivity contribution in [1.82, 2.24) is 0 Å². The third-order valence-corrected chi connectivity index (χ3v) is 3.10. The second-order valence-corrected chi connectivity index (χ2v) is 4.67. The molecule has 0 atom stereocenters. The highest BCUT2D eigenvalue weighted by atomic mass is 16.7. The van der Waals surface area contributed by atoms with Crippen molar-refractivity contribution in [3.05, 3.63) is 17.7 Å². The van der Waals surface area contributed by atoms with E-state index in [2.05, 4.69) is 6.92 Å². The maximum absolute atomic E-state index is 5.78. The Kier molecular flexibility index (Phi) is 5.95. The molecule has 2 rings (SSSR count). The van der Waals surface area contributed by atoms with Gasteiger partial charge in [-0.25, -0.2) is 0 Å². The maximum Gasteiger partial charge on any atom is 0.231 e. The second kappa shape index (κ2) is 7.97. The largest absolute Gasteiger partial charge is 0.491 e. The molecule has 0 saturated carbocycles. The number of unbranched alkanes of at least 4 members (excludes halogenated alkanes) is 1. The molecule has 20 heavy (non-hydrogen) atoms. The molecule has 1 aliphatic rings. The van der Waals surface area contributed by atoms with Crippen LogP contribution in [0, 0.1) is 0 Å². The van der Waals surface area contributed by atoms with E-state index >= 15 is 0 Å².